The largest absolute Gasteiger partial charge is 0.480 e. The first-order chi connectivity index (χ1) is 3.18. The van der Waals surface area contributed by atoms with Crippen molar-refractivity contribution < 1.29 is 15.0 Å². The van der Waals surface area contributed by atoms with E-state index in [9.17, 15) is 4.79 Å². The van der Waals surface area contributed by atoms with Crippen LogP contribution in [0.1, 0.15) is 0 Å². The molecule has 0 fully saturated rings. The molecule has 42 valence electrons. The third-order valence-corrected chi connectivity index (χ3v) is 0.514. The predicted molar refractivity (Wildman–Crippen MR) is 22.7 cm³/mol. The number of hydrogen-bond acceptors (Lipinski definition) is 3. The Morgan fingerprint density at radius 1 is 1.86 bits per heavy atom. The van der Waals surface area contributed by atoms with Crippen LogP contribution in [0.3, 0.4) is 0 Å². The van der Waals surface area contributed by atoms with E-state index in [0.717, 1.165) is 0 Å². The fourth-order valence-electron chi connectivity index (χ4n) is 0.0781. The molecule has 0 saturated heterocycles. The first kappa shape index (κ1) is 6.39. The van der Waals surface area contributed by atoms with Crippen LogP contribution in [-0.2, 0) is 4.79 Å². The second kappa shape index (κ2) is 2.54. The Kier molecular flexibility index (Phi) is 2.32. The van der Waals surface area contributed by atoms with Gasteiger partial charge in [0.2, 0.25) is 0 Å². The summed E-state index contributed by atoms with van der Waals surface area (Å²) in [6, 6.07) is -1.13. The highest BCUT2D eigenvalue weighted by Crippen LogP contribution is 1.71. The Morgan fingerprint density at radius 3 is 2.29 bits per heavy atom. The number of aliphatic hydroxyl groups is 1. The van der Waals surface area contributed by atoms with Crippen LogP contribution in [0.5, 0.6) is 0 Å². The first-order valence-corrected chi connectivity index (χ1v) is 1.77. The van der Waals surface area contributed by atoms with Gasteiger partial charge < -0.3 is 15.9 Å². The number of nitrogens with two attached hydrogens (primary N) is 1. The summed E-state index contributed by atoms with van der Waals surface area (Å²) in [4.78, 5) is 9.65. The van der Waals surface area contributed by atoms with E-state index in [1.807, 2.05) is 0 Å². The highest BCUT2D eigenvalue weighted by atomic mass is 16.7. The number of hydrogen-bond donors (Lipinski definition) is 3. The van der Waals surface area contributed by atoms with Gasteiger partial charge in [0.25, 0.3) is 0 Å². The highest BCUT2D eigenvalue weighted by Gasteiger charge is 2.06. The number of rotatable bonds is 2. The minimum absolute atomic E-state index is 0.505. The standard InChI is InChI=1S/C3H7NO3/c4-2(1-5)3(6)7/h2,5H,1,4H2,(H,6,7)/i1+2,2+2,3+2. The number of carboxylic acids is 1. The smallest absolute Gasteiger partial charge is 0.322 e. The normalized spacial score (nSPS) is 13.4. The molecular formula is C3H7NO3. The maximum Gasteiger partial charge on any atom is 0.322 e. The van der Waals surface area contributed by atoms with Crippen LogP contribution in [0.15, 0.2) is 0 Å². The van der Waals surface area contributed by atoms with Crippen molar-refractivity contribution in [2.75, 3.05) is 6.61 Å². The van der Waals surface area contributed by atoms with E-state index in [1.165, 1.54) is 0 Å². The van der Waals surface area contributed by atoms with Gasteiger partial charge in [-0.2, -0.15) is 0 Å². The summed E-state index contributed by atoms with van der Waals surface area (Å²) >= 11 is 0. The van der Waals surface area contributed by atoms with Crippen LogP contribution in [0.25, 0.3) is 0 Å². The van der Waals surface area contributed by atoms with E-state index in [-0.39, 0.29) is 0 Å². The summed E-state index contributed by atoms with van der Waals surface area (Å²) in [6.07, 6.45) is 0. The maximum absolute atomic E-state index is 9.65. The Labute approximate surface area is 40.6 Å². The topological polar surface area (TPSA) is 83.5 Å². The molecule has 0 aliphatic carbocycles. The summed E-state index contributed by atoms with van der Waals surface area (Å²) in [5, 5.41) is 15.9. The van der Waals surface area contributed by atoms with Gasteiger partial charge in [-0.25, -0.2) is 0 Å². The number of aliphatic carboxylic acids is 1. The molecule has 0 aliphatic rings. The lowest BCUT2D eigenvalue weighted by atomic mass is 12.2. The van der Waals surface area contributed by atoms with Crippen molar-refractivity contribution in [3.05, 3.63) is 0 Å². The van der Waals surface area contributed by atoms with Crippen molar-refractivity contribution in [1.29, 1.82) is 0 Å². The van der Waals surface area contributed by atoms with Gasteiger partial charge in [0.1, 0.15) is 6.04 Å². The van der Waals surface area contributed by atoms with Crippen LogP contribution in [-0.4, -0.2) is 28.8 Å². The quantitative estimate of drug-likeness (QED) is 0.400. The van der Waals surface area contributed by atoms with Crippen LogP contribution >= 0.6 is 0 Å². The molecule has 0 aromatic rings. The molecule has 0 aliphatic heterocycles. The van der Waals surface area contributed by atoms with E-state index in [0.29, 0.717) is 0 Å². The first-order valence-electron chi connectivity index (χ1n) is 1.77. The molecule has 0 rings (SSSR count). The van der Waals surface area contributed by atoms with Gasteiger partial charge >= 0.3 is 5.97 Å². The fourth-order valence-corrected chi connectivity index (χ4v) is 0.0781. The average molecular weight is 111 g/mol. The molecule has 4 N–H and O–H groups in total. The van der Waals surface area contributed by atoms with Crippen molar-refractivity contribution in [3.63, 3.8) is 0 Å². The predicted octanol–water partition coefficient (Wildman–Crippen LogP) is -1.61. The van der Waals surface area contributed by atoms with E-state index >= 15 is 0 Å². The molecule has 0 spiro atoms. The van der Waals surface area contributed by atoms with Gasteiger partial charge in [-0.1, -0.05) is 0 Å². The van der Waals surface area contributed by atoms with Gasteiger partial charge in [0, 0.05) is 0 Å². The molecule has 0 radical (unpaired) electrons. The van der Waals surface area contributed by atoms with Gasteiger partial charge in [-0.05, 0) is 0 Å². The zero-order valence-corrected chi connectivity index (χ0v) is 3.66. The van der Waals surface area contributed by atoms with E-state index in [2.05, 4.69) is 0 Å². The van der Waals surface area contributed by atoms with E-state index in [1.54, 1.807) is 0 Å². The van der Waals surface area contributed by atoms with Crippen molar-refractivity contribution in [2.24, 2.45) is 5.73 Å². The number of aliphatic hydroxyl groups excluding tert-OH is 1. The molecule has 0 heterocycles. The van der Waals surface area contributed by atoms with Gasteiger partial charge in [0.05, 0.1) is 6.61 Å². The molecule has 4 heteroatoms. The maximum atomic E-state index is 9.65. The lowest BCUT2D eigenvalue weighted by molar-refractivity contribution is -0.139. The molecule has 1 atom stereocenters. The second-order valence-electron chi connectivity index (χ2n) is 1.13. The van der Waals surface area contributed by atoms with Gasteiger partial charge in [-0.3, -0.25) is 4.79 Å². The van der Waals surface area contributed by atoms with Crippen LogP contribution in [0.2, 0.25) is 0 Å². The summed E-state index contributed by atoms with van der Waals surface area (Å²) in [5.74, 6) is -1.18. The fraction of sp³-hybridized carbons (Fsp3) is 0.667. The zero-order valence-electron chi connectivity index (χ0n) is 3.66. The minimum atomic E-state index is -1.18. The zero-order chi connectivity index (χ0) is 5.86. The van der Waals surface area contributed by atoms with Crippen molar-refractivity contribution >= 4 is 5.97 Å². The third-order valence-electron chi connectivity index (χ3n) is 0.514. The van der Waals surface area contributed by atoms with E-state index < -0.39 is 18.6 Å². The Hall–Kier alpha value is -0.610. The molecular weight excluding hydrogens is 104 g/mol. The number of carboxylic acid groups (broad SMARTS) is 1. The van der Waals surface area contributed by atoms with E-state index in [4.69, 9.17) is 15.9 Å². The van der Waals surface area contributed by atoms with Crippen molar-refractivity contribution in [2.45, 2.75) is 6.04 Å². The molecule has 0 saturated carbocycles. The Bertz CT molecular complexity index is 72.6. The average Bonchev–Trinajstić information content (AvgIpc) is 1.65. The van der Waals surface area contributed by atoms with Crippen molar-refractivity contribution in [1.82, 2.24) is 0 Å². The third kappa shape index (κ3) is 2.13. The van der Waals surface area contributed by atoms with Crippen molar-refractivity contribution in [3.8, 4) is 0 Å². The lowest BCUT2D eigenvalue weighted by Crippen LogP contribution is -2.33. The molecule has 4 nitrogen and oxygen atoms in total. The molecule has 0 aromatic heterocycles. The monoisotopic (exact) mass is 111 g/mol. The summed E-state index contributed by atoms with van der Waals surface area (Å²) < 4.78 is 0. The Balaban J connectivity index is 3.34. The molecule has 7 heavy (non-hydrogen) atoms. The SMILES string of the molecule is N[14CH]([14CH2]O)[14C](=O)O. The molecule has 0 aromatic carbocycles. The van der Waals surface area contributed by atoms with Gasteiger partial charge in [0.15, 0.2) is 0 Å². The van der Waals surface area contributed by atoms with Gasteiger partial charge in [-0.15, -0.1) is 0 Å². The molecule has 0 bridgehead atoms. The molecule has 1 unspecified atom stereocenters. The molecule has 0 amide bonds. The lowest BCUT2D eigenvalue weighted by Gasteiger charge is -1.96. The number of carbonyl (C=O) groups is 1. The Morgan fingerprint density at radius 2 is 2.29 bits per heavy atom. The minimum Gasteiger partial charge on any atom is -0.480 e. The van der Waals surface area contributed by atoms with Crippen LogP contribution in [0, 0.1) is 0 Å². The van der Waals surface area contributed by atoms with Crippen LogP contribution < -0.4 is 5.73 Å². The second-order valence-corrected chi connectivity index (χ2v) is 1.13. The summed E-state index contributed by atoms with van der Waals surface area (Å²) in [7, 11) is 0. The highest BCUT2D eigenvalue weighted by molar-refractivity contribution is 5.73. The van der Waals surface area contributed by atoms with Crippen LogP contribution in [0.4, 0.5) is 0 Å². The summed E-state index contributed by atoms with van der Waals surface area (Å²) in [5.41, 5.74) is 4.77. The summed E-state index contributed by atoms with van der Waals surface area (Å²) in [6.45, 7) is -0.505.